The van der Waals surface area contributed by atoms with E-state index in [0.717, 1.165) is 0 Å². The number of nitrogens with two attached hydrogens (primary N) is 1. The predicted molar refractivity (Wildman–Crippen MR) is 83.7 cm³/mol. The summed E-state index contributed by atoms with van der Waals surface area (Å²) in [6.45, 7) is 3.43. The average Bonchev–Trinajstić information content (AvgIpc) is 2.37. The van der Waals surface area contributed by atoms with E-state index in [1.165, 1.54) is 12.1 Å². The second-order valence-corrected chi connectivity index (χ2v) is 7.10. The Morgan fingerprint density at radius 3 is 2.52 bits per heavy atom. The zero-order valence-electron chi connectivity index (χ0n) is 11.1. The average molecular weight is 393 g/mol. The third-order valence-electron chi connectivity index (χ3n) is 2.64. The third-order valence-corrected chi connectivity index (χ3v) is 5.36. The molecule has 2 aromatic rings. The van der Waals surface area contributed by atoms with Crippen LogP contribution >= 0.6 is 27.5 Å². The molecule has 2 rings (SSSR count). The monoisotopic (exact) mass is 391 g/mol. The first-order valence-corrected chi connectivity index (χ1v) is 8.31. The smallest absolute Gasteiger partial charge is 0.265 e. The summed E-state index contributed by atoms with van der Waals surface area (Å²) in [7, 11) is -3.94. The van der Waals surface area contributed by atoms with Crippen LogP contribution in [-0.2, 0) is 10.0 Å². The number of nitrogens with one attached hydrogen (secondary N) is 1. The van der Waals surface area contributed by atoms with Gasteiger partial charge in [-0.2, -0.15) is 5.10 Å². The van der Waals surface area contributed by atoms with Crippen LogP contribution in [0.2, 0.25) is 5.02 Å². The Morgan fingerprint density at radius 2 is 1.90 bits per heavy atom. The Balaban J connectivity index is 2.45. The number of anilines is 2. The third kappa shape index (κ3) is 3.42. The fourth-order valence-electron chi connectivity index (χ4n) is 1.46. The van der Waals surface area contributed by atoms with Crippen molar-refractivity contribution in [1.82, 2.24) is 15.2 Å². The molecule has 21 heavy (non-hydrogen) atoms. The van der Waals surface area contributed by atoms with E-state index in [-0.39, 0.29) is 26.0 Å². The van der Waals surface area contributed by atoms with Crippen LogP contribution < -0.4 is 10.5 Å². The molecule has 1 heterocycles. The summed E-state index contributed by atoms with van der Waals surface area (Å²) in [5, 5.41) is 7.71. The topological polar surface area (TPSA) is 111 Å². The molecule has 0 amide bonds. The van der Waals surface area contributed by atoms with E-state index in [0.29, 0.717) is 11.4 Å². The quantitative estimate of drug-likeness (QED) is 0.775. The zero-order valence-corrected chi connectivity index (χ0v) is 14.2. The lowest BCUT2D eigenvalue weighted by molar-refractivity contribution is 0.600. The highest BCUT2D eigenvalue weighted by Gasteiger charge is 2.21. The van der Waals surface area contributed by atoms with Crippen molar-refractivity contribution >= 4 is 49.2 Å². The summed E-state index contributed by atoms with van der Waals surface area (Å²) in [5.74, 6) is -0.122. The van der Waals surface area contributed by atoms with Crippen molar-refractivity contribution in [3.05, 3.63) is 33.0 Å². The first-order valence-electron chi connectivity index (χ1n) is 5.66. The van der Waals surface area contributed by atoms with E-state index in [4.69, 9.17) is 17.3 Å². The molecular weight excluding hydrogens is 382 g/mol. The maximum absolute atomic E-state index is 12.4. The fraction of sp³-hybridized carbons (Fsp3) is 0.182. The van der Waals surface area contributed by atoms with Crippen molar-refractivity contribution < 1.29 is 8.42 Å². The minimum Gasteiger partial charge on any atom is -0.398 e. The zero-order chi connectivity index (χ0) is 15.8. The fourth-order valence-corrected chi connectivity index (χ4v) is 3.69. The largest absolute Gasteiger partial charge is 0.398 e. The molecule has 0 spiro atoms. The van der Waals surface area contributed by atoms with Crippen molar-refractivity contribution in [2.45, 2.75) is 18.7 Å². The Kier molecular flexibility index (Phi) is 4.35. The molecule has 7 nitrogen and oxygen atoms in total. The lowest BCUT2D eigenvalue weighted by atomic mass is 10.3. The van der Waals surface area contributed by atoms with E-state index in [1.54, 1.807) is 13.8 Å². The van der Waals surface area contributed by atoms with E-state index in [2.05, 4.69) is 35.8 Å². The lowest BCUT2D eigenvalue weighted by Gasteiger charge is -2.10. The van der Waals surface area contributed by atoms with Gasteiger partial charge in [0.15, 0.2) is 0 Å². The minimum atomic E-state index is -3.94. The van der Waals surface area contributed by atoms with Gasteiger partial charge in [0, 0.05) is 10.7 Å². The van der Waals surface area contributed by atoms with Crippen LogP contribution in [0.1, 0.15) is 11.4 Å². The Labute approximate surface area is 135 Å². The molecule has 0 aliphatic rings. The van der Waals surface area contributed by atoms with Gasteiger partial charge in [-0.1, -0.05) is 11.6 Å². The van der Waals surface area contributed by atoms with Crippen LogP contribution in [0, 0.1) is 13.8 Å². The van der Waals surface area contributed by atoms with Crippen molar-refractivity contribution in [3.8, 4) is 0 Å². The van der Waals surface area contributed by atoms with Gasteiger partial charge in [-0.15, -0.1) is 5.10 Å². The highest BCUT2D eigenvalue weighted by molar-refractivity contribution is 9.10. The van der Waals surface area contributed by atoms with Gasteiger partial charge >= 0.3 is 0 Å². The van der Waals surface area contributed by atoms with Crippen molar-refractivity contribution in [3.63, 3.8) is 0 Å². The van der Waals surface area contributed by atoms with Crippen LogP contribution in [0.4, 0.5) is 11.6 Å². The van der Waals surface area contributed by atoms with Gasteiger partial charge in [0.05, 0.1) is 15.9 Å². The van der Waals surface area contributed by atoms with Gasteiger partial charge in [0.1, 0.15) is 4.90 Å². The number of hydrogen-bond donors (Lipinski definition) is 2. The summed E-state index contributed by atoms with van der Waals surface area (Å²) in [6.07, 6.45) is 0. The number of aryl methyl sites for hydroxylation is 2. The molecule has 0 unspecified atom stereocenters. The molecule has 112 valence electrons. The SMILES string of the molecule is Cc1nnc(NS(=O)(=O)c2cc(Cl)cc(N)c2Br)nc1C. The molecule has 0 aliphatic carbocycles. The van der Waals surface area contributed by atoms with Gasteiger partial charge in [0.25, 0.3) is 16.0 Å². The highest BCUT2D eigenvalue weighted by atomic mass is 79.9. The number of benzene rings is 1. The molecule has 0 saturated heterocycles. The molecule has 0 atom stereocenters. The lowest BCUT2D eigenvalue weighted by Crippen LogP contribution is -2.17. The summed E-state index contributed by atoms with van der Waals surface area (Å²) >= 11 is 8.97. The van der Waals surface area contributed by atoms with Crippen LogP contribution in [0.15, 0.2) is 21.5 Å². The second kappa shape index (κ2) is 5.74. The molecule has 10 heteroatoms. The van der Waals surface area contributed by atoms with Crippen molar-refractivity contribution in [2.24, 2.45) is 0 Å². The van der Waals surface area contributed by atoms with E-state index < -0.39 is 10.0 Å². The molecule has 1 aromatic carbocycles. The van der Waals surface area contributed by atoms with Crippen LogP contribution in [0.5, 0.6) is 0 Å². The van der Waals surface area contributed by atoms with Crippen molar-refractivity contribution in [2.75, 3.05) is 10.5 Å². The number of rotatable bonds is 3. The molecule has 1 aromatic heterocycles. The summed E-state index contributed by atoms with van der Waals surface area (Å²) in [6, 6.07) is 2.72. The number of hydrogen-bond acceptors (Lipinski definition) is 6. The predicted octanol–water partition coefficient (Wildman–Crippen LogP) is 2.29. The van der Waals surface area contributed by atoms with Crippen LogP contribution in [-0.4, -0.2) is 23.6 Å². The maximum atomic E-state index is 12.4. The Bertz CT molecular complexity index is 813. The number of halogens is 2. The van der Waals surface area contributed by atoms with Gasteiger partial charge in [-0.25, -0.2) is 18.1 Å². The Morgan fingerprint density at radius 1 is 1.24 bits per heavy atom. The van der Waals surface area contributed by atoms with E-state index in [9.17, 15) is 8.42 Å². The summed E-state index contributed by atoms with van der Waals surface area (Å²) in [4.78, 5) is 3.91. The van der Waals surface area contributed by atoms with Crippen LogP contribution in [0.3, 0.4) is 0 Å². The highest BCUT2D eigenvalue weighted by Crippen LogP contribution is 2.32. The number of nitrogens with zero attached hydrogens (tertiary/aromatic N) is 3. The van der Waals surface area contributed by atoms with E-state index in [1.807, 2.05) is 0 Å². The van der Waals surface area contributed by atoms with Crippen LogP contribution in [0.25, 0.3) is 0 Å². The van der Waals surface area contributed by atoms with Crippen molar-refractivity contribution in [1.29, 1.82) is 0 Å². The van der Waals surface area contributed by atoms with E-state index >= 15 is 0 Å². The first kappa shape index (κ1) is 15.9. The van der Waals surface area contributed by atoms with Gasteiger partial charge < -0.3 is 5.73 Å². The molecule has 0 radical (unpaired) electrons. The van der Waals surface area contributed by atoms with Gasteiger partial charge in [-0.3, -0.25) is 0 Å². The minimum absolute atomic E-state index is 0.102. The second-order valence-electron chi connectivity index (χ2n) is 4.22. The molecule has 0 fully saturated rings. The normalized spacial score (nSPS) is 11.4. The van der Waals surface area contributed by atoms with Gasteiger partial charge in [-0.05, 0) is 41.9 Å². The summed E-state index contributed by atoms with van der Waals surface area (Å²) in [5.41, 5.74) is 7.09. The maximum Gasteiger partial charge on any atom is 0.265 e. The molecule has 3 N–H and O–H groups in total. The molecule has 0 saturated carbocycles. The summed E-state index contributed by atoms with van der Waals surface area (Å²) < 4.78 is 27.2. The molecular formula is C11H11BrClN5O2S. The first-order chi connectivity index (χ1) is 9.70. The Hall–Kier alpha value is -1.45. The molecule has 0 bridgehead atoms. The standard InChI is InChI=1S/C11H11BrClN5O2S/c1-5-6(2)16-17-11(15-5)18-21(19,20)9-4-7(13)3-8(14)10(9)12/h3-4H,14H2,1-2H3,(H,15,17,18). The number of aromatic nitrogens is 3. The number of sulfonamides is 1. The molecule has 0 aliphatic heterocycles. The number of nitrogen functional groups attached to an aromatic ring is 1. The van der Waals surface area contributed by atoms with Gasteiger partial charge in [0.2, 0.25) is 0 Å².